The maximum atomic E-state index is 12.7. The molecule has 1 aromatic heterocycles. The third-order valence-electron chi connectivity index (χ3n) is 4.63. The van der Waals surface area contributed by atoms with Crippen LogP contribution in [0.2, 0.25) is 5.02 Å². The van der Waals surface area contributed by atoms with Gasteiger partial charge in [0.05, 0.1) is 24.8 Å². The number of rotatable bonds is 9. The molecule has 3 N–H and O–H groups in total. The molecule has 2 aromatic carbocycles. The lowest BCUT2D eigenvalue weighted by atomic mass is 10.1. The number of esters is 1. The number of amides is 2. The van der Waals surface area contributed by atoms with E-state index in [1.54, 1.807) is 18.2 Å². The van der Waals surface area contributed by atoms with Gasteiger partial charge in [-0.25, -0.2) is 4.79 Å². The zero-order valence-corrected chi connectivity index (χ0v) is 19.0. The summed E-state index contributed by atoms with van der Waals surface area (Å²) in [5.74, 6) is -3.20. The first-order chi connectivity index (χ1) is 16.8. The summed E-state index contributed by atoms with van der Waals surface area (Å²) in [6, 6.07) is 9.02. The second kappa shape index (κ2) is 11.5. The average molecular weight is 499 g/mol. The van der Waals surface area contributed by atoms with E-state index in [0.29, 0.717) is 16.3 Å². The number of aromatic carboxylic acids is 1. The summed E-state index contributed by atoms with van der Waals surface area (Å²) in [6.45, 7) is 0. The number of halogens is 1. The highest BCUT2D eigenvalue weighted by molar-refractivity contribution is 6.30. The Labute approximate surface area is 203 Å². The van der Waals surface area contributed by atoms with E-state index in [-0.39, 0.29) is 11.3 Å². The highest BCUT2D eigenvalue weighted by Gasteiger charge is 2.24. The van der Waals surface area contributed by atoms with Crippen molar-refractivity contribution in [3.63, 3.8) is 0 Å². The Hall–Kier alpha value is -4.58. The summed E-state index contributed by atoms with van der Waals surface area (Å²) in [5, 5.41) is 25.4. The Morgan fingerprint density at radius 1 is 1.17 bits per heavy atom. The Morgan fingerprint density at radius 3 is 2.54 bits per heavy atom. The molecule has 180 valence electrons. The van der Waals surface area contributed by atoms with E-state index >= 15 is 0 Å². The van der Waals surface area contributed by atoms with Crippen LogP contribution in [0.5, 0.6) is 0 Å². The smallest absolute Gasteiger partial charge is 0.335 e. The molecule has 2 amide bonds. The molecule has 0 bridgehead atoms. The second-order valence-electron chi connectivity index (χ2n) is 7.00. The first-order valence-corrected chi connectivity index (χ1v) is 10.4. The van der Waals surface area contributed by atoms with E-state index in [4.69, 9.17) is 16.7 Å². The van der Waals surface area contributed by atoms with Gasteiger partial charge in [-0.15, -0.1) is 5.10 Å². The highest BCUT2D eigenvalue weighted by Crippen LogP contribution is 2.20. The second-order valence-corrected chi connectivity index (χ2v) is 7.44. The van der Waals surface area contributed by atoms with Gasteiger partial charge in [0, 0.05) is 22.3 Å². The van der Waals surface area contributed by atoms with Crippen LogP contribution in [0.3, 0.4) is 0 Å². The van der Waals surface area contributed by atoms with Crippen LogP contribution in [0.25, 0.3) is 11.8 Å². The number of carboxylic acids is 1. The van der Waals surface area contributed by atoms with Gasteiger partial charge in [0.1, 0.15) is 12.4 Å². The normalized spacial score (nSPS) is 11.6. The maximum absolute atomic E-state index is 12.7. The topological polar surface area (TPSA) is 165 Å². The minimum absolute atomic E-state index is 0.0367. The summed E-state index contributed by atoms with van der Waals surface area (Å²) in [5.41, 5.74) is 1.39. The van der Waals surface area contributed by atoms with Gasteiger partial charge in [-0.1, -0.05) is 11.6 Å². The molecule has 0 saturated heterocycles. The van der Waals surface area contributed by atoms with Crippen molar-refractivity contribution in [3.05, 3.63) is 71.0 Å². The van der Waals surface area contributed by atoms with Gasteiger partial charge in [-0.2, -0.15) is 4.68 Å². The van der Waals surface area contributed by atoms with Crippen LogP contribution >= 0.6 is 11.6 Å². The minimum atomic E-state index is -1.27. The predicted octanol–water partition coefficient (Wildman–Crippen LogP) is 1.71. The molecular weight excluding hydrogens is 480 g/mol. The van der Waals surface area contributed by atoms with E-state index in [1.165, 1.54) is 47.4 Å². The fraction of sp³-hybridized carbons (Fsp3) is 0.136. The zero-order chi connectivity index (χ0) is 25.4. The maximum Gasteiger partial charge on any atom is 0.335 e. The molecule has 1 atom stereocenters. The number of carbonyl (C=O) groups is 4. The largest absolute Gasteiger partial charge is 0.478 e. The van der Waals surface area contributed by atoms with Gasteiger partial charge in [0.2, 0.25) is 11.8 Å². The molecule has 13 heteroatoms. The predicted molar refractivity (Wildman–Crippen MR) is 124 cm³/mol. The Balaban J connectivity index is 1.74. The van der Waals surface area contributed by atoms with Crippen LogP contribution in [0.4, 0.5) is 5.69 Å². The van der Waals surface area contributed by atoms with Crippen LogP contribution in [0, 0.1) is 0 Å². The lowest BCUT2D eigenvalue weighted by molar-refractivity contribution is -0.142. The summed E-state index contributed by atoms with van der Waals surface area (Å²) >= 11 is 6.06. The van der Waals surface area contributed by atoms with Crippen LogP contribution in [0.1, 0.15) is 22.3 Å². The van der Waals surface area contributed by atoms with E-state index in [0.717, 1.165) is 7.11 Å². The van der Waals surface area contributed by atoms with E-state index < -0.39 is 36.2 Å². The molecular formula is C22H19ClN6O6. The van der Waals surface area contributed by atoms with E-state index in [2.05, 4.69) is 30.9 Å². The molecule has 0 radical (unpaired) electrons. The molecule has 0 aliphatic rings. The Bertz CT molecular complexity index is 1260. The molecule has 3 aromatic rings. The zero-order valence-electron chi connectivity index (χ0n) is 18.2. The number of ether oxygens (including phenoxy) is 1. The van der Waals surface area contributed by atoms with Crippen molar-refractivity contribution in [1.29, 1.82) is 0 Å². The molecule has 12 nitrogen and oxygen atoms in total. The van der Waals surface area contributed by atoms with Gasteiger partial charge in [-0.3, -0.25) is 14.4 Å². The lowest BCUT2D eigenvalue weighted by Gasteiger charge is -2.17. The molecule has 1 heterocycles. The van der Waals surface area contributed by atoms with Crippen molar-refractivity contribution in [1.82, 2.24) is 25.5 Å². The van der Waals surface area contributed by atoms with Gasteiger partial charge in [-0.05, 0) is 59.0 Å². The summed E-state index contributed by atoms with van der Waals surface area (Å²) in [6.07, 6.45) is 3.57. The minimum Gasteiger partial charge on any atom is -0.478 e. The van der Waals surface area contributed by atoms with Gasteiger partial charge < -0.3 is 20.5 Å². The third-order valence-corrected chi connectivity index (χ3v) is 4.87. The van der Waals surface area contributed by atoms with Crippen molar-refractivity contribution >= 4 is 47.1 Å². The number of aromatic nitrogens is 4. The number of nitrogens with one attached hydrogen (secondary N) is 2. The van der Waals surface area contributed by atoms with Gasteiger partial charge in [0.15, 0.2) is 0 Å². The van der Waals surface area contributed by atoms with Crippen LogP contribution < -0.4 is 10.6 Å². The fourth-order valence-corrected chi connectivity index (χ4v) is 3.09. The molecule has 0 aliphatic heterocycles. The van der Waals surface area contributed by atoms with Crippen molar-refractivity contribution in [2.45, 2.75) is 12.5 Å². The standard InChI is InChI=1S/C22H19ClN6O6/c1-35-20(31)11-17(21(32)25-16-6-2-13(3-7-16)22(33)34)26-19(30)9-4-14-10-15(23)5-8-18(14)29-12-24-27-28-29/h2-10,12,17H,11H2,1H3,(H,25,32)(H,26,30)(H,33,34)/t17-/m0/s1. The molecule has 0 spiro atoms. The first-order valence-electron chi connectivity index (χ1n) is 9.99. The Kier molecular flexibility index (Phi) is 8.24. The number of carbonyl (C=O) groups excluding carboxylic acids is 3. The van der Waals surface area contributed by atoms with E-state index in [1.807, 2.05) is 0 Å². The van der Waals surface area contributed by atoms with Crippen molar-refractivity contribution in [2.24, 2.45) is 0 Å². The van der Waals surface area contributed by atoms with Gasteiger partial charge >= 0.3 is 11.9 Å². The summed E-state index contributed by atoms with van der Waals surface area (Å²) in [4.78, 5) is 48.1. The molecule has 3 rings (SSSR count). The monoisotopic (exact) mass is 498 g/mol. The quantitative estimate of drug-likeness (QED) is 0.294. The molecule has 35 heavy (non-hydrogen) atoms. The molecule has 0 aliphatic carbocycles. The summed E-state index contributed by atoms with van der Waals surface area (Å²) in [7, 11) is 1.16. The van der Waals surface area contributed by atoms with Gasteiger partial charge in [0.25, 0.3) is 0 Å². The van der Waals surface area contributed by atoms with E-state index in [9.17, 15) is 19.2 Å². The fourth-order valence-electron chi connectivity index (χ4n) is 2.91. The molecule has 0 saturated carbocycles. The van der Waals surface area contributed by atoms with Crippen LogP contribution in [-0.2, 0) is 19.1 Å². The number of nitrogens with zero attached hydrogens (tertiary/aromatic N) is 4. The van der Waals surface area contributed by atoms with Crippen LogP contribution in [0.15, 0.2) is 54.9 Å². The number of hydrogen-bond donors (Lipinski definition) is 3. The number of benzene rings is 2. The van der Waals surface area contributed by atoms with Crippen molar-refractivity contribution in [2.75, 3.05) is 12.4 Å². The number of tetrazole rings is 1. The molecule has 0 unspecified atom stereocenters. The highest BCUT2D eigenvalue weighted by atomic mass is 35.5. The SMILES string of the molecule is COC(=O)C[C@H](NC(=O)C=Cc1cc(Cl)ccc1-n1cnnn1)C(=O)Nc1ccc(C(=O)O)cc1. The molecule has 0 fully saturated rings. The number of hydrogen-bond acceptors (Lipinski definition) is 8. The third kappa shape index (κ3) is 6.95. The van der Waals surface area contributed by atoms with Crippen molar-refractivity contribution < 1.29 is 29.0 Å². The van der Waals surface area contributed by atoms with Crippen molar-refractivity contribution in [3.8, 4) is 5.69 Å². The number of methoxy groups -OCH3 is 1. The van der Waals surface area contributed by atoms with Crippen LogP contribution in [-0.4, -0.2) is 62.2 Å². The number of anilines is 1. The lowest BCUT2D eigenvalue weighted by Crippen LogP contribution is -2.44. The average Bonchev–Trinajstić information content (AvgIpc) is 3.37. The first kappa shape index (κ1) is 25.1. The number of carboxylic acid groups (broad SMARTS) is 1. The summed E-state index contributed by atoms with van der Waals surface area (Å²) < 4.78 is 6.00. The Morgan fingerprint density at radius 2 is 1.91 bits per heavy atom.